The summed E-state index contributed by atoms with van der Waals surface area (Å²) in [4.78, 5) is 2.46. The summed E-state index contributed by atoms with van der Waals surface area (Å²) < 4.78 is 0. The summed E-state index contributed by atoms with van der Waals surface area (Å²) in [5.74, 6) is 1.17. The Hall–Kier alpha value is -0.510. The number of benzene rings is 1. The summed E-state index contributed by atoms with van der Waals surface area (Å²) in [6.45, 7) is 2.74. The third-order valence-electron chi connectivity index (χ3n) is 2.26. The van der Waals surface area contributed by atoms with Gasteiger partial charge in [0.1, 0.15) is 0 Å². The zero-order chi connectivity index (χ0) is 12.0. The van der Waals surface area contributed by atoms with E-state index in [0.717, 1.165) is 19.6 Å². The Labute approximate surface area is 101 Å². The number of hydrogen-bond donors (Lipinski definition) is 1. The third-order valence-corrected chi connectivity index (χ3v) is 3.40. The van der Waals surface area contributed by atoms with Gasteiger partial charge >= 0.3 is 0 Å². The maximum Gasteiger partial charge on any atom is 0.0287 e. The molecule has 2 nitrogen and oxygen atoms in total. The average molecular weight is 240 g/mol. The Morgan fingerprint density at radius 2 is 1.75 bits per heavy atom. The number of nitrogens with zero attached hydrogens (tertiary/aromatic N) is 1. The van der Waals surface area contributed by atoms with Crippen LogP contribution in [0.25, 0.3) is 0 Å². The molecule has 1 aromatic rings. The normalized spacial score (nSPS) is 13.1. The molecule has 92 valence electrons. The summed E-state index contributed by atoms with van der Waals surface area (Å²) in [7, 11) is -0.495. The van der Waals surface area contributed by atoms with Gasteiger partial charge in [0.25, 0.3) is 0 Å². The first-order valence-corrected chi connectivity index (χ1v) is 8.66. The highest BCUT2D eigenvalue weighted by Crippen LogP contribution is 2.35. The maximum absolute atomic E-state index is 5.67. The van der Waals surface area contributed by atoms with Crippen LogP contribution in [0.1, 0.15) is 5.56 Å². The van der Waals surface area contributed by atoms with Crippen molar-refractivity contribution in [2.75, 3.05) is 37.7 Å². The van der Waals surface area contributed by atoms with E-state index in [1.165, 1.54) is 11.4 Å². The van der Waals surface area contributed by atoms with Crippen molar-refractivity contribution < 1.29 is 0 Å². The van der Waals surface area contributed by atoms with Crippen LogP contribution in [0.3, 0.4) is 0 Å². The number of nitrogens with two attached hydrogens (primary N) is 1. The first kappa shape index (κ1) is 13.6. The van der Waals surface area contributed by atoms with E-state index in [0.29, 0.717) is 0 Å². The standard InChI is InChI=1S/C13H24N2S/c1-16(2,3)12-15(10-9-14)11-13-7-5-4-6-8-13/h4-8H,9-12,14H2,1-3H3. The Morgan fingerprint density at radius 1 is 1.12 bits per heavy atom. The molecule has 0 saturated heterocycles. The van der Waals surface area contributed by atoms with Crippen molar-refractivity contribution in [3.8, 4) is 0 Å². The van der Waals surface area contributed by atoms with Crippen LogP contribution in [-0.2, 0) is 6.54 Å². The van der Waals surface area contributed by atoms with E-state index in [9.17, 15) is 0 Å². The molecule has 0 spiro atoms. The highest BCUT2D eigenvalue weighted by Gasteiger charge is 2.11. The van der Waals surface area contributed by atoms with Gasteiger partial charge in [0.15, 0.2) is 0 Å². The molecule has 0 fully saturated rings. The topological polar surface area (TPSA) is 29.3 Å². The van der Waals surface area contributed by atoms with Crippen molar-refractivity contribution in [2.24, 2.45) is 5.73 Å². The predicted molar refractivity (Wildman–Crippen MR) is 76.1 cm³/mol. The lowest BCUT2D eigenvalue weighted by Gasteiger charge is -2.33. The quantitative estimate of drug-likeness (QED) is 0.825. The molecule has 0 aliphatic rings. The Bertz CT molecular complexity index is 293. The van der Waals surface area contributed by atoms with Crippen LogP contribution in [0, 0.1) is 0 Å². The molecule has 0 radical (unpaired) electrons. The molecule has 0 aliphatic heterocycles. The second kappa shape index (κ2) is 6.28. The molecule has 1 aromatic carbocycles. The van der Waals surface area contributed by atoms with Gasteiger partial charge in [-0.1, -0.05) is 30.3 Å². The number of hydrogen-bond acceptors (Lipinski definition) is 2. The molecule has 0 aromatic heterocycles. The van der Waals surface area contributed by atoms with Gasteiger partial charge in [0.2, 0.25) is 0 Å². The fraction of sp³-hybridized carbons (Fsp3) is 0.538. The van der Waals surface area contributed by atoms with Gasteiger partial charge < -0.3 is 5.73 Å². The minimum atomic E-state index is -0.495. The molecular formula is C13H24N2S. The minimum absolute atomic E-state index is 0.495. The maximum atomic E-state index is 5.67. The first-order chi connectivity index (χ1) is 7.51. The summed E-state index contributed by atoms with van der Waals surface area (Å²) in [5, 5.41) is 0. The largest absolute Gasteiger partial charge is 0.329 e. The summed E-state index contributed by atoms with van der Waals surface area (Å²) >= 11 is 0. The van der Waals surface area contributed by atoms with E-state index >= 15 is 0 Å². The van der Waals surface area contributed by atoms with Gasteiger partial charge in [-0.15, -0.1) is 0 Å². The van der Waals surface area contributed by atoms with Crippen molar-refractivity contribution in [2.45, 2.75) is 6.54 Å². The van der Waals surface area contributed by atoms with Crippen LogP contribution in [0.4, 0.5) is 0 Å². The van der Waals surface area contributed by atoms with Crippen LogP contribution in [0.15, 0.2) is 30.3 Å². The molecule has 1 rings (SSSR count). The van der Waals surface area contributed by atoms with Gasteiger partial charge in [-0.2, -0.15) is 0 Å². The predicted octanol–water partition coefficient (Wildman–Crippen LogP) is 2.10. The summed E-state index contributed by atoms with van der Waals surface area (Å²) in [6.07, 6.45) is 7.05. The van der Waals surface area contributed by atoms with Gasteiger partial charge in [-0.3, -0.25) is 4.90 Å². The molecule has 0 aliphatic carbocycles. The zero-order valence-electron chi connectivity index (χ0n) is 10.6. The average Bonchev–Trinajstić information content (AvgIpc) is 2.17. The Kier molecular flexibility index (Phi) is 5.32. The van der Waals surface area contributed by atoms with Gasteiger partial charge in [0.05, 0.1) is 0 Å². The van der Waals surface area contributed by atoms with E-state index in [4.69, 9.17) is 5.73 Å². The molecule has 0 atom stereocenters. The SMILES string of the molecule is CS(C)(C)CN(CCN)Cc1ccccc1. The highest BCUT2D eigenvalue weighted by molar-refractivity contribution is 8.32. The molecule has 2 N–H and O–H groups in total. The smallest absolute Gasteiger partial charge is 0.0287 e. The van der Waals surface area contributed by atoms with Crippen molar-refractivity contribution in [1.82, 2.24) is 4.90 Å². The molecule has 0 bridgehead atoms. The molecule has 0 amide bonds. The molecule has 16 heavy (non-hydrogen) atoms. The lowest BCUT2D eigenvalue weighted by molar-refractivity contribution is 0.320. The van der Waals surface area contributed by atoms with Crippen molar-refractivity contribution in [1.29, 1.82) is 0 Å². The van der Waals surface area contributed by atoms with Crippen LogP contribution in [0.5, 0.6) is 0 Å². The Morgan fingerprint density at radius 3 is 2.25 bits per heavy atom. The monoisotopic (exact) mass is 240 g/mol. The molecule has 0 unspecified atom stereocenters. The van der Waals surface area contributed by atoms with E-state index in [1.807, 2.05) is 0 Å². The Balaban J connectivity index is 2.58. The third kappa shape index (κ3) is 5.54. The van der Waals surface area contributed by atoms with Crippen molar-refractivity contribution in [3.05, 3.63) is 35.9 Å². The van der Waals surface area contributed by atoms with Crippen LogP contribution in [-0.4, -0.2) is 42.6 Å². The molecular weight excluding hydrogens is 216 g/mol. The van der Waals surface area contributed by atoms with Gasteiger partial charge in [-0.05, 0) is 24.3 Å². The van der Waals surface area contributed by atoms with E-state index in [-0.39, 0.29) is 0 Å². The molecule has 0 heterocycles. The summed E-state index contributed by atoms with van der Waals surface area (Å²) in [5.41, 5.74) is 7.04. The summed E-state index contributed by atoms with van der Waals surface area (Å²) in [6, 6.07) is 10.6. The van der Waals surface area contributed by atoms with Gasteiger partial charge in [0, 0.05) is 25.5 Å². The van der Waals surface area contributed by atoms with Crippen molar-refractivity contribution >= 4 is 10.0 Å². The fourth-order valence-corrected chi connectivity index (χ4v) is 3.08. The zero-order valence-corrected chi connectivity index (χ0v) is 11.5. The number of rotatable bonds is 6. The van der Waals surface area contributed by atoms with E-state index < -0.39 is 10.0 Å². The van der Waals surface area contributed by atoms with E-state index in [2.05, 4.69) is 54.0 Å². The lowest BCUT2D eigenvalue weighted by Crippen LogP contribution is -2.31. The second-order valence-electron chi connectivity index (χ2n) is 5.05. The minimum Gasteiger partial charge on any atom is -0.329 e. The first-order valence-electron chi connectivity index (χ1n) is 5.63. The van der Waals surface area contributed by atoms with Crippen LogP contribution in [0.2, 0.25) is 0 Å². The lowest BCUT2D eigenvalue weighted by atomic mass is 10.2. The molecule has 3 heteroatoms. The second-order valence-corrected chi connectivity index (χ2v) is 9.49. The highest BCUT2D eigenvalue weighted by atomic mass is 32.3. The van der Waals surface area contributed by atoms with E-state index in [1.54, 1.807) is 0 Å². The fourth-order valence-electron chi connectivity index (χ4n) is 1.76. The van der Waals surface area contributed by atoms with Gasteiger partial charge in [-0.25, -0.2) is 10.0 Å². The molecule has 0 saturated carbocycles. The van der Waals surface area contributed by atoms with Crippen LogP contribution >= 0.6 is 10.0 Å². The van der Waals surface area contributed by atoms with Crippen LogP contribution < -0.4 is 5.73 Å². The van der Waals surface area contributed by atoms with Crippen molar-refractivity contribution in [3.63, 3.8) is 0 Å².